The molecule has 1 aromatic heterocycles. The fourth-order valence-electron chi connectivity index (χ4n) is 4.76. The van der Waals surface area contributed by atoms with Gasteiger partial charge in [0, 0.05) is 37.9 Å². The first kappa shape index (κ1) is 20.6. The highest BCUT2D eigenvalue weighted by Crippen LogP contribution is 2.42. The molecule has 1 saturated heterocycles. The molecule has 1 aliphatic carbocycles. The van der Waals surface area contributed by atoms with Gasteiger partial charge in [-0.25, -0.2) is 0 Å². The molecule has 2 heterocycles. The van der Waals surface area contributed by atoms with E-state index in [1.807, 2.05) is 36.2 Å². The number of amides is 2. The summed E-state index contributed by atoms with van der Waals surface area (Å²) in [7, 11) is 0. The quantitative estimate of drug-likeness (QED) is 0.797. The van der Waals surface area contributed by atoms with Crippen molar-refractivity contribution in [2.24, 2.45) is 17.3 Å². The van der Waals surface area contributed by atoms with Gasteiger partial charge in [0.2, 0.25) is 11.8 Å². The maximum absolute atomic E-state index is 13.2. The fourth-order valence-corrected chi connectivity index (χ4v) is 4.76. The van der Waals surface area contributed by atoms with Crippen LogP contribution < -0.4 is 5.32 Å². The lowest BCUT2D eigenvalue weighted by atomic mass is 9.74. The van der Waals surface area contributed by atoms with Gasteiger partial charge in [-0.2, -0.15) is 0 Å². The fraction of sp³-hybridized carbons (Fsp3) is 0.480. The minimum absolute atomic E-state index is 0.0677. The zero-order valence-electron chi connectivity index (χ0n) is 17.9. The number of pyridine rings is 1. The number of hydrogen-bond acceptors (Lipinski definition) is 3. The Bertz CT molecular complexity index is 914. The number of carbonyl (C=O) groups excluding carboxylic acids is 2. The van der Waals surface area contributed by atoms with E-state index in [0.717, 1.165) is 42.5 Å². The van der Waals surface area contributed by atoms with Gasteiger partial charge in [-0.15, -0.1) is 0 Å². The van der Waals surface area contributed by atoms with E-state index < -0.39 is 5.41 Å². The molecule has 0 bridgehead atoms. The summed E-state index contributed by atoms with van der Waals surface area (Å²) in [6, 6.07) is 12.3. The first-order chi connectivity index (χ1) is 14.5. The minimum Gasteiger partial charge on any atom is -0.356 e. The molecule has 2 amide bonds. The first-order valence-corrected chi connectivity index (χ1v) is 11.1. The van der Waals surface area contributed by atoms with Gasteiger partial charge in [-0.1, -0.05) is 37.3 Å². The molecule has 0 spiro atoms. The zero-order chi connectivity index (χ0) is 21.1. The summed E-state index contributed by atoms with van der Waals surface area (Å²) in [5, 5.41) is 3.05. The highest BCUT2D eigenvalue weighted by atomic mass is 16.2. The Morgan fingerprint density at radius 3 is 2.73 bits per heavy atom. The third-order valence-electron chi connectivity index (χ3n) is 6.60. The van der Waals surface area contributed by atoms with Crippen molar-refractivity contribution in [2.45, 2.75) is 39.5 Å². The highest BCUT2D eigenvalue weighted by Gasteiger charge is 2.47. The molecule has 2 fully saturated rings. The molecule has 3 atom stereocenters. The molecule has 4 rings (SSSR count). The van der Waals surface area contributed by atoms with Crippen LogP contribution in [0.2, 0.25) is 0 Å². The average Bonchev–Trinajstić information content (AvgIpc) is 3.51. The van der Waals surface area contributed by atoms with Crippen LogP contribution in [0.3, 0.4) is 0 Å². The van der Waals surface area contributed by atoms with E-state index in [0.29, 0.717) is 25.4 Å². The number of benzene rings is 1. The van der Waals surface area contributed by atoms with E-state index in [2.05, 4.69) is 35.4 Å². The van der Waals surface area contributed by atoms with Gasteiger partial charge in [-0.05, 0) is 61.3 Å². The molecule has 158 valence electrons. The Kier molecular flexibility index (Phi) is 5.89. The number of nitrogens with zero attached hydrogens (tertiary/aromatic N) is 2. The predicted molar refractivity (Wildman–Crippen MR) is 118 cm³/mol. The van der Waals surface area contributed by atoms with Crippen LogP contribution in [-0.4, -0.2) is 41.3 Å². The summed E-state index contributed by atoms with van der Waals surface area (Å²) in [6.07, 6.45) is 6.92. The SMILES string of the molecule is CCNC(=O)[C@]1(Cc2cccc(-c3cccnc3)c2)CCCN(C(=O)[C@H]2C[C@@H]2C)C1. The van der Waals surface area contributed by atoms with Gasteiger partial charge in [0.1, 0.15) is 0 Å². The molecule has 0 unspecified atom stereocenters. The smallest absolute Gasteiger partial charge is 0.228 e. The van der Waals surface area contributed by atoms with Gasteiger partial charge in [0.15, 0.2) is 0 Å². The molecule has 2 aromatic rings. The molecule has 5 nitrogen and oxygen atoms in total. The number of rotatable bonds is 6. The zero-order valence-corrected chi connectivity index (χ0v) is 17.9. The standard InChI is InChI=1S/C25H31N3O2/c1-3-27-24(30)25(10-6-12-28(17-25)23(29)22-13-18(22)2)15-19-7-4-8-20(14-19)21-9-5-11-26-16-21/h4-5,7-9,11,14,16,18,22H,3,6,10,12-13,15,17H2,1-2H3,(H,27,30)/t18-,22-,25-/m0/s1. The molecular weight excluding hydrogens is 374 g/mol. The van der Waals surface area contributed by atoms with E-state index in [1.165, 1.54) is 0 Å². The Hall–Kier alpha value is -2.69. The van der Waals surface area contributed by atoms with Crippen molar-refractivity contribution >= 4 is 11.8 Å². The molecule has 5 heteroatoms. The first-order valence-electron chi connectivity index (χ1n) is 11.1. The number of hydrogen-bond donors (Lipinski definition) is 1. The lowest BCUT2D eigenvalue weighted by Crippen LogP contribution is -2.54. The van der Waals surface area contributed by atoms with Crippen LogP contribution in [0.1, 0.15) is 38.7 Å². The maximum Gasteiger partial charge on any atom is 0.228 e. The molecule has 1 aliphatic heterocycles. The molecule has 0 radical (unpaired) electrons. The predicted octanol–water partition coefficient (Wildman–Crippen LogP) is 3.69. The van der Waals surface area contributed by atoms with Crippen LogP contribution in [-0.2, 0) is 16.0 Å². The monoisotopic (exact) mass is 405 g/mol. The third kappa shape index (κ3) is 4.25. The van der Waals surface area contributed by atoms with E-state index >= 15 is 0 Å². The number of carbonyl (C=O) groups is 2. The molecule has 1 N–H and O–H groups in total. The Labute approximate surface area is 178 Å². The van der Waals surface area contributed by atoms with Gasteiger partial charge in [-0.3, -0.25) is 14.6 Å². The molecule has 1 saturated carbocycles. The van der Waals surface area contributed by atoms with E-state index in [9.17, 15) is 9.59 Å². The molecular formula is C25H31N3O2. The molecule has 1 aromatic carbocycles. The van der Waals surface area contributed by atoms with E-state index in [1.54, 1.807) is 6.20 Å². The Morgan fingerprint density at radius 1 is 1.23 bits per heavy atom. The summed E-state index contributed by atoms with van der Waals surface area (Å²) in [5.41, 5.74) is 2.71. The summed E-state index contributed by atoms with van der Waals surface area (Å²) < 4.78 is 0. The lowest BCUT2D eigenvalue weighted by Gasteiger charge is -2.42. The van der Waals surface area contributed by atoms with Crippen LogP contribution in [0.5, 0.6) is 0 Å². The van der Waals surface area contributed by atoms with Gasteiger partial charge in [0.25, 0.3) is 0 Å². The minimum atomic E-state index is -0.574. The van der Waals surface area contributed by atoms with Gasteiger partial charge < -0.3 is 10.2 Å². The summed E-state index contributed by atoms with van der Waals surface area (Å²) in [6.45, 7) is 5.96. The Balaban J connectivity index is 1.60. The maximum atomic E-state index is 13.2. The topological polar surface area (TPSA) is 62.3 Å². The number of aromatic nitrogens is 1. The van der Waals surface area contributed by atoms with Crippen molar-refractivity contribution in [1.82, 2.24) is 15.2 Å². The van der Waals surface area contributed by atoms with E-state index in [4.69, 9.17) is 0 Å². The van der Waals surface area contributed by atoms with Crippen molar-refractivity contribution in [3.63, 3.8) is 0 Å². The average molecular weight is 406 g/mol. The number of piperidine rings is 1. The number of nitrogens with one attached hydrogen (secondary N) is 1. The number of likely N-dealkylation sites (tertiary alicyclic amines) is 1. The van der Waals surface area contributed by atoms with Crippen molar-refractivity contribution in [3.05, 3.63) is 54.4 Å². The third-order valence-corrected chi connectivity index (χ3v) is 6.60. The second-order valence-electron chi connectivity index (χ2n) is 8.94. The highest BCUT2D eigenvalue weighted by molar-refractivity contribution is 5.86. The second kappa shape index (κ2) is 8.58. The van der Waals surface area contributed by atoms with Crippen LogP contribution in [0.25, 0.3) is 11.1 Å². The van der Waals surface area contributed by atoms with Crippen LogP contribution >= 0.6 is 0 Å². The van der Waals surface area contributed by atoms with Crippen LogP contribution in [0.4, 0.5) is 0 Å². The van der Waals surface area contributed by atoms with Crippen LogP contribution in [0.15, 0.2) is 48.8 Å². The normalized spacial score (nSPS) is 25.6. The van der Waals surface area contributed by atoms with Crippen molar-refractivity contribution in [2.75, 3.05) is 19.6 Å². The largest absolute Gasteiger partial charge is 0.356 e. The lowest BCUT2D eigenvalue weighted by molar-refractivity contribution is -0.142. The second-order valence-corrected chi connectivity index (χ2v) is 8.94. The summed E-state index contributed by atoms with van der Waals surface area (Å²) in [4.78, 5) is 32.3. The molecule has 2 aliphatic rings. The van der Waals surface area contributed by atoms with Gasteiger partial charge in [0.05, 0.1) is 5.41 Å². The van der Waals surface area contributed by atoms with Gasteiger partial charge >= 0.3 is 0 Å². The summed E-state index contributed by atoms with van der Waals surface area (Å²) >= 11 is 0. The van der Waals surface area contributed by atoms with E-state index in [-0.39, 0.29) is 17.7 Å². The van der Waals surface area contributed by atoms with Crippen molar-refractivity contribution in [3.8, 4) is 11.1 Å². The Morgan fingerprint density at radius 2 is 2.03 bits per heavy atom. The van der Waals surface area contributed by atoms with Crippen LogP contribution in [0, 0.1) is 17.3 Å². The summed E-state index contributed by atoms with van der Waals surface area (Å²) in [5.74, 6) is 0.941. The van der Waals surface area contributed by atoms with Crippen molar-refractivity contribution < 1.29 is 9.59 Å². The molecule has 30 heavy (non-hydrogen) atoms. The van der Waals surface area contributed by atoms with Crippen molar-refractivity contribution in [1.29, 1.82) is 0 Å².